The van der Waals surface area contributed by atoms with E-state index in [0.717, 1.165) is 29.6 Å². The van der Waals surface area contributed by atoms with Crippen LogP contribution < -0.4 is 5.73 Å². The number of hydrogen-bond donors (Lipinski definition) is 1. The topological polar surface area (TPSA) is 64.9 Å². The summed E-state index contributed by atoms with van der Waals surface area (Å²) in [5.41, 5.74) is 6.06. The van der Waals surface area contributed by atoms with Crippen LogP contribution in [0.2, 0.25) is 0 Å². The van der Waals surface area contributed by atoms with Crippen LogP contribution in [0.5, 0.6) is 0 Å². The Balaban J connectivity index is 1.61. The van der Waals surface area contributed by atoms with Crippen LogP contribution in [0.15, 0.2) is 38.2 Å². The molecule has 1 fully saturated rings. The Morgan fingerprint density at radius 2 is 2.10 bits per heavy atom. The molecule has 0 amide bonds. The first-order valence-electron chi connectivity index (χ1n) is 6.69. The maximum Gasteiger partial charge on any atom is 0.231 e. The van der Waals surface area contributed by atoms with Gasteiger partial charge in [-0.1, -0.05) is 27.5 Å². The molecule has 2 N–H and O–H groups in total. The van der Waals surface area contributed by atoms with E-state index >= 15 is 0 Å². The fourth-order valence-corrected chi connectivity index (χ4v) is 3.46. The Hall–Kier alpha value is -0.850. The summed E-state index contributed by atoms with van der Waals surface area (Å²) in [5, 5.41) is 4.06. The first kappa shape index (κ1) is 14.1. The zero-order valence-electron chi connectivity index (χ0n) is 11.0. The first-order chi connectivity index (χ1) is 9.72. The monoisotopic (exact) mass is 353 g/mol. The van der Waals surface area contributed by atoms with Crippen molar-refractivity contribution in [2.45, 2.75) is 41.9 Å². The van der Waals surface area contributed by atoms with Crippen LogP contribution in [0, 0.1) is 0 Å². The van der Waals surface area contributed by atoms with Crippen LogP contribution in [0.4, 0.5) is 0 Å². The van der Waals surface area contributed by atoms with E-state index in [1.165, 1.54) is 4.90 Å². The highest BCUT2D eigenvalue weighted by atomic mass is 79.9. The molecule has 6 heteroatoms. The molecule has 1 heterocycles. The van der Waals surface area contributed by atoms with E-state index in [0.29, 0.717) is 11.6 Å². The normalized spacial score (nSPS) is 22.3. The van der Waals surface area contributed by atoms with Crippen molar-refractivity contribution in [3.63, 3.8) is 0 Å². The van der Waals surface area contributed by atoms with Gasteiger partial charge in [0.1, 0.15) is 0 Å². The lowest BCUT2D eigenvalue weighted by Crippen LogP contribution is -2.22. The lowest BCUT2D eigenvalue weighted by Gasteiger charge is -2.08. The lowest BCUT2D eigenvalue weighted by molar-refractivity contribution is 0.342. The second-order valence-electron chi connectivity index (χ2n) is 4.99. The highest BCUT2D eigenvalue weighted by molar-refractivity contribution is 9.10. The lowest BCUT2D eigenvalue weighted by atomic mass is 10.1. The molecule has 1 aliphatic rings. The molecule has 0 saturated heterocycles. The molecule has 20 heavy (non-hydrogen) atoms. The third kappa shape index (κ3) is 3.24. The summed E-state index contributed by atoms with van der Waals surface area (Å²) in [7, 11) is 0. The number of nitrogens with two attached hydrogens (primary N) is 1. The Labute approximate surface area is 130 Å². The predicted octanol–water partition coefficient (Wildman–Crippen LogP) is 3.72. The zero-order valence-corrected chi connectivity index (χ0v) is 13.4. The number of hydrogen-bond acceptors (Lipinski definition) is 5. The minimum absolute atomic E-state index is 0.169. The summed E-state index contributed by atoms with van der Waals surface area (Å²) in [6, 6.07) is 8.37. The van der Waals surface area contributed by atoms with E-state index in [1.807, 2.05) is 12.1 Å². The molecule has 1 aromatic heterocycles. The maximum atomic E-state index is 6.06. The van der Waals surface area contributed by atoms with Gasteiger partial charge in [0.25, 0.3) is 0 Å². The number of halogens is 1. The van der Waals surface area contributed by atoms with Crippen molar-refractivity contribution in [1.29, 1.82) is 0 Å². The highest BCUT2D eigenvalue weighted by Gasteiger charge is 2.30. The minimum Gasteiger partial charge on any atom is -0.339 e. The minimum atomic E-state index is 0.169. The van der Waals surface area contributed by atoms with Gasteiger partial charge in [-0.05, 0) is 37.1 Å². The largest absolute Gasteiger partial charge is 0.339 e. The molecule has 0 spiro atoms. The molecule has 1 aromatic carbocycles. The molecule has 1 saturated carbocycles. The molecule has 2 aromatic rings. The number of thioether (sulfide) groups is 1. The van der Waals surface area contributed by atoms with Gasteiger partial charge >= 0.3 is 0 Å². The van der Waals surface area contributed by atoms with E-state index in [4.69, 9.17) is 10.3 Å². The second kappa shape index (κ2) is 6.28. The van der Waals surface area contributed by atoms with Crippen molar-refractivity contribution in [3.05, 3.63) is 40.5 Å². The van der Waals surface area contributed by atoms with Gasteiger partial charge < -0.3 is 10.3 Å². The number of rotatable bonds is 4. The van der Waals surface area contributed by atoms with E-state index in [-0.39, 0.29) is 12.0 Å². The van der Waals surface area contributed by atoms with Gasteiger partial charge in [-0.2, -0.15) is 4.98 Å². The van der Waals surface area contributed by atoms with Crippen molar-refractivity contribution in [1.82, 2.24) is 10.1 Å². The maximum absolute atomic E-state index is 6.06. The van der Waals surface area contributed by atoms with Gasteiger partial charge in [0.15, 0.2) is 5.82 Å². The van der Waals surface area contributed by atoms with E-state index < -0.39 is 0 Å². The molecule has 3 rings (SSSR count). The number of benzene rings is 1. The van der Waals surface area contributed by atoms with Crippen LogP contribution in [0.25, 0.3) is 0 Å². The summed E-state index contributed by atoms with van der Waals surface area (Å²) < 4.78 is 6.45. The molecule has 2 atom stereocenters. The van der Waals surface area contributed by atoms with E-state index in [9.17, 15) is 0 Å². The molecule has 0 radical (unpaired) electrons. The third-order valence-corrected chi connectivity index (χ3v) is 5.09. The zero-order chi connectivity index (χ0) is 13.9. The molecule has 0 aliphatic heterocycles. The Kier molecular flexibility index (Phi) is 4.43. The van der Waals surface area contributed by atoms with Crippen molar-refractivity contribution in [2.24, 2.45) is 5.73 Å². The highest BCUT2D eigenvalue weighted by Crippen LogP contribution is 2.32. The Bertz CT molecular complexity index is 572. The molecule has 1 aliphatic carbocycles. The van der Waals surface area contributed by atoms with Crippen LogP contribution in [-0.4, -0.2) is 16.2 Å². The fourth-order valence-electron chi connectivity index (χ4n) is 2.45. The summed E-state index contributed by atoms with van der Waals surface area (Å²) in [4.78, 5) is 5.68. The first-order valence-corrected chi connectivity index (χ1v) is 8.46. The SMILES string of the molecule is NC1CCCC1c1nc(CSc2ccc(Br)cc2)no1. The molecule has 4 nitrogen and oxygen atoms in total. The quantitative estimate of drug-likeness (QED) is 0.848. The number of nitrogens with zero attached hydrogens (tertiary/aromatic N) is 2. The summed E-state index contributed by atoms with van der Waals surface area (Å²) in [6.45, 7) is 0. The predicted molar refractivity (Wildman–Crippen MR) is 82.6 cm³/mol. The van der Waals surface area contributed by atoms with Crippen LogP contribution in [0.1, 0.15) is 36.9 Å². The van der Waals surface area contributed by atoms with Crippen molar-refractivity contribution < 1.29 is 4.52 Å². The smallest absolute Gasteiger partial charge is 0.231 e. The summed E-state index contributed by atoms with van der Waals surface area (Å²) >= 11 is 5.13. The van der Waals surface area contributed by atoms with Gasteiger partial charge in [0.2, 0.25) is 5.89 Å². The Morgan fingerprint density at radius 1 is 1.30 bits per heavy atom. The van der Waals surface area contributed by atoms with Crippen LogP contribution >= 0.6 is 27.7 Å². The Morgan fingerprint density at radius 3 is 2.80 bits per heavy atom. The summed E-state index contributed by atoms with van der Waals surface area (Å²) in [5.74, 6) is 2.41. The average molecular weight is 354 g/mol. The average Bonchev–Trinajstić information content (AvgIpc) is 3.06. The van der Waals surface area contributed by atoms with Gasteiger partial charge in [0.05, 0.1) is 11.7 Å². The van der Waals surface area contributed by atoms with Crippen molar-refractivity contribution in [2.75, 3.05) is 0 Å². The molecular formula is C14H16BrN3OS. The van der Waals surface area contributed by atoms with Gasteiger partial charge in [-0.15, -0.1) is 11.8 Å². The molecule has 2 unspecified atom stereocenters. The van der Waals surface area contributed by atoms with Crippen LogP contribution in [-0.2, 0) is 5.75 Å². The fraction of sp³-hybridized carbons (Fsp3) is 0.429. The van der Waals surface area contributed by atoms with Gasteiger partial charge in [0, 0.05) is 15.4 Å². The van der Waals surface area contributed by atoms with Crippen LogP contribution in [0.3, 0.4) is 0 Å². The van der Waals surface area contributed by atoms with Crippen molar-refractivity contribution >= 4 is 27.7 Å². The van der Waals surface area contributed by atoms with E-state index in [2.05, 4.69) is 38.2 Å². The third-order valence-electron chi connectivity index (χ3n) is 3.55. The van der Waals surface area contributed by atoms with Gasteiger partial charge in [-0.3, -0.25) is 0 Å². The van der Waals surface area contributed by atoms with Gasteiger partial charge in [-0.25, -0.2) is 0 Å². The number of aromatic nitrogens is 2. The van der Waals surface area contributed by atoms with E-state index in [1.54, 1.807) is 11.8 Å². The molecule has 106 valence electrons. The van der Waals surface area contributed by atoms with Crippen molar-refractivity contribution in [3.8, 4) is 0 Å². The molecular weight excluding hydrogens is 338 g/mol. The standard InChI is InChI=1S/C14H16BrN3OS/c15-9-4-6-10(7-5-9)20-8-13-17-14(19-18-13)11-2-1-3-12(11)16/h4-7,11-12H,1-3,8,16H2. The molecule has 0 bridgehead atoms. The summed E-state index contributed by atoms with van der Waals surface area (Å²) in [6.07, 6.45) is 3.26. The second-order valence-corrected chi connectivity index (χ2v) is 6.96.